The van der Waals surface area contributed by atoms with Crippen LogP contribution in [0.1, 0.15) is 29.8 Å². The number of hydrogen-bond acceptors (Lipinski definition) is 4. The molecule has 0 radical (unpaired) electrons. The van der Waals surface area contributed by atoms with Gasteiger partial charge in [-0.2, -0.15) is 5.10 Å². The molecular formula is C23H27ClN4O2. The standard InChI is InChI=1S/C23H27ClN4O2/c24-20-8-4-5-18(15-20)9-14-30-17-23(19-6-2-1-3-7-19)10-12-28(13-11-23)16-21-25-22(29)27-26-21/h1-8,15H,9-14,16-17H2,(H2,25,26,27,29). The van der Waals surface area contributed by atoms with Crippen molar-refractivity contribution in [2.45, 2.75) is 31.2 Å². The predicted octanol–water partition coefficient (Wildman–Crippen LogP) is 3.54. The highest BCUT2D eigenvalue weighted by Gasteiger charge is 2.36. The van der Waals surface area contributed by atoms with Gasteiger partial charge in [0.15, 0.2) is 0 Å². The van der Waals surface area contributed by atoms with Gasteiger partial charge in [-0.3, -0.25) is 9.88 Å². The number of likely N-dealkylation sites (tertiary alicyclic amines) is 1. The Bertz CT molecular complexity index is 993. The van der Waals surface area contributed by atoms with E-state index in [0.717, 1.165) is 37.4 Å². The molecule has 1 saturated heterocycles. The van der Waals surface area contributed by atoms with Crippen molar-refractivity contribution in [1.82, 2.24) is 20.1 Å². The summed E-state index contributed by atoms with van der Waals surface area (Å²) in [5.74, 6) is 0.685. The maximum atomic E-state index is 11.3. The first-order chi connectivity index (χ1) is 14.6. The van der Waals surface area contributed by atoms with Crippen LogP contribution < -0.4 is 5.69 Å². The van der Waals surface area contributed by atoms with Crippen LogP contribution in [0.2, 0.25) is 5.02 Å². The predicted molar refractivity (Wildman–Crippen MR) is 118 cm³/mol. The number of H-pyrrole nitrogens is 2. The third-order valence-corrected chi connectivity index (χ3v) is 6.16. The fourth-order valence-electron chi connectivity index (χ4n) is 4.19. The fraction of sp³-hybridized carbons (Fsp3) is 0.391. The molecule has 1 aliphatic rings. The number of aromatic amines is 2. The van der Waals surface area contributed by atoms with Gasteiger partial charge in [0.2, 0.25) is 0 Å². The molecule has 1 aliphatic heterocycles. The summed E-state index contributed by atoms with van der Waals surface area (Å²) >= 11 is 6.08. The van der Waals surface area contributed by atoms with Gasteiger partial charge in [0, 0.05) is 10.4 Å². The molecule has 2 heterocycles. The number of hydrogen-bond donors (Lipinski definition) is 2. The van der Waals surface area contributed by atoms with Crippen LogP contribution in [-0.2, 0) is 23.1 Å². The first kappa shape index (κ1) is 20.8. The highest BCUT2D eigenvalue weighted by Crippen LogP contribution is 2.36. The SMILES string of the molecule is O=c1[nH]nc(CN2CCC(COCCc3cccc(Cl)c3)(c3ccccc3)CC2)[nH]1. The Hall–Kier alpha value is -2.41. The number of piperidine rings is 1. The van der Waals surface area contributed by atoms with Crippen LogP contribution in [0, 0.1) is 0 Å². The smallest absolute Gasteiger partial charge is 0.340 e. The van der Waals surface area contributed by atoms with Crippen molar-refractivity contribution >= 4 is 11.6 Å². The summed E-state index contributed by atoms with van der Waals surface area (Å²) in [6.45, 7) is 3.89. The summed E-state index contributed by atoms with van der Waals surface area (Å²) in [6.07, 6.45) is 2.86. The van der Waals surface area contributed by atoms with Crippen LogP contribution in [0.5, 0.6) is 0 Å². The Labute approximate surface area is 181 Å². The summed E-state index contributed by atoms with van der Waals surface area (Å²) in [4.78, 5) is 16.3. The number of halogens is 1. The minimum Gasteiger partial charge on any atom is -0.380 e. The molecular weight excluding hydrogens is 400 g/mol. The topological polar surface area (TPSA) is 74.0 Å². The van der Waals surface area contributed by atoms with Gasteiger partial charge in [-0.15, -0.1) is 0 Å². The van der Waals surface area contributed by atoms with E-state index in [1.807, 2.05) is 18.2 Å². The fourth-order valence-corrected chi connectivity index (χ4v) is 4.40. The molecule has 0 bridgehead atoms. The van der Waals surface area contributed by atoms with Gasteiger partial charge in [-0.25, -0.2) is 9.89 Å². The van der Waals surface area contributed by atoms with Crippen LogP contribution in [0.4, 0.5) is 0 Å². The molecule has 4 rings (SSSR count). The molecule has 0 saturated carbocycles. The summed E-state index contributed by atoms with van der Waals surface area (Å²) in [5, 5.41) is 7.23. The van der Waals surface area contributed by atoms with E-state index in [9.17, 15) is 4.79 Å². The van der Waals surface area contributed by atoms with Gasteiger partial charge in [0.05, 0.1) is 19.8 Å². The molecule has 158 valence electrons. The van der Waals surface area contributed by atoms with E-state index < -0.39 is 0 Å². The van der Waals surface area contributed by atoms with E-state index >= 15 is 0 Å². The second kappa shape index (κ2) is 9.60. The molecule has 6 nitrogen and oxygen atoms in total. The molecule has 0 unspecified atom stereocenters. The lowest BCUT2D eigenvalue weighted by atomic mass is 9.73. The zero-order valence-electron chi connectivity index (χ0n) is 16.9. The monoisotopic (exact) mass is 426 g/mol. The minimum absolute atomic E-state index is 0.00504. The molecule has 1 fully saturated rings. The molecule has 7 heteroatoms. The number of rotatable bonds is 8. The van der Waals surface area contributed by atoms with Gasteiger partial charge in [-0.1, -0.05) is 54.1 Å². The van der Waals surface area contributed by atoms with Crippen molar-refractivity contribution in [1.29, 1.82) is 0 Å². The number of ether oxygens (including phenoxy) is 1. The van der Waals surface area contributed by atoms with Crippen LogP contribution in [0.3, 0.4) is 0 Å². The van der Waals surface area contributed by atoms with Gasteiger partial charge >= 0.3 is 5.69 Å². The Morgan fingerprint density at radius 3 is 2.60 bits per heavy atom. The molecule has 0 amide bonds. The van der Waals surface area contributed by atoms with Crippen molar-refractivity contribution in [3.63, 3.8) is 0 Å². The molecule has 1 aromatic heterocycles. The van der Waals surface area contributed by atoms with E-state index in [-0.39, 0.29) is 11.1 Å². The first-order valence-corrected chi connectivity index (χ1v) is 10.7. The van der Waals surface area contributed by atoms with Gasteiger partial charge in [-0.05, 0) is 55.6 Å². The van der Waals surface area contributed by atoms with Crippen LogP contribution in [0.15, 0.2) is 59.4 Å². The maximum Gasteiger partial charge on any atom is 0.340 e. The van der Waals surface area contributed by atoms with Gasteiger partial charge in [0.1, 0.15) is 5.82 Å². The minimum atomic E-state index is -0.256. The molecule has 30 heavy (non-hydrogen) atoms. The average Bonchev–Trinajstić information content (AvgIpc) is 3.18. The van der Waals surface area contributed by atoms with Crippen LogP contribution >= 0.6 is 11.6 Å². The molecule has 0 atom stereocenters. The molecule has 2 aromatic carbocycles. The number of nitrogens with zero attached hydrogens (tertiary/aromatic N) is 2. The van der Waals surface area contributed by atoms with Gasteiger partial charge < -0.3 is 4.74 Å². The molecule has 2 N–H and O–H groups in total. The van der Waals surface area contributed by atoms with E-state index in [1.165, 1.54) is 11.1 Å². The van der Waals surface area contributed by atoms with Crippen LogP contribution in [0.25, 0.3) is 0 Å². The lowest BCUT2D eigenvalue weighted by molar-refractivity contribution is 0.0437. The lowest BCUT2D eigenvalue weighted by Gasteiger charge is -2.42. The van der Waals surface area contributed by atoms with Crippen molar-refractivity contribution in [2.24, 2.45) is 0 Å². The molecule has 0 aliphatic carbocycles. The third-order valence-electron chi connectivity index (χ3n) is 5.93. The second-order valence-corrected chi connectivity index (χ2v) is 8.42. The largest absolute Gasteiger partial charge is 0.380 e. The average molecular weight is 427 g/mol. The number of benzene rings is 2. The van der Waals surface area contributed by atoms with Crippen molar-refractivity contribution < 1.29 is 4.74 Å². The highest BCUT2D eigenvalue weighted by atomic mass is 35.5. The van der Waals surface area contributed by atoms with E-state index in [0.29, 0.717) is 25.6 Å². The quantitative estimate of drug-likeness (QED) is 0.540. The lowest BCUT2D eigenvalue weighted by Crippen LogP contribution is -2.45. The van der Waals surface area contributed by atoms with Crippen molar-refractivity contribution in [3.8, 4) is 0 Å². The second-order valence-electron chi connectivity index (χ2n) is 7.98. The Morgan fingerprint density at radius 2 is 1.90 bits per heavy atom. The van der Waals surface area contributed by atoms with Crippen LogP contribution in [-0.4, -0.2) is 46.4 Å². The summed E-state index contributed by atoms with van der Waals surface area (Å²) in [7, 11) is 0. The number of nitrogens with one attached hydrogen (secondary N) is 2. The van der Waals surface area contributed by atoms with Gasteiger partial charge in [0.25, 0.3) is 0 Å². The molecule has 0 spiro atoms. The van der Waals surface area contributed by atoms with Crippen molar-refractivity contribution in [3.05, 3.63) is 87.1 Å². The number of aromatic nitrogens is 3. The van der Waals surface area contributed by atoms with E-state index in [1.54, 1.807) is 0 Å². The van der Waals surface area contributed by atoms with E-state index in [4.69, 9.17) is 16.3 Å². The summed E-state index contributed by atoms with van der Waals surface area (Å²) in [5.41, 5.74) is 2.28. The Morgan fingerprint density at radius 1 is 1.10 bits per heavy atom. The van der Waals surface area contributed by atoms with E-state index in [2.05, 4.69) is 56.5 Å². The zero-order chi connectivity index (χ0) is 20.8. The first-order valence-electron chi connectivity index (χ1n) is 10.4. The Kier molecular flexibility index (Phi) is 6.67. The molecule has 3 aromatic rings. The normalized spacial score (nSPS) is 16.6. The summed E-state index contributed by atoms with van der Waals surface area (Å²) < 4.78 is 6.21. The third kappa shape index (κ3) is 5.19. The maximum absolute atomic E-state index is 11.3. The highest BCUT2D eigenvalue weighted by molar-refractivity contribution is 6.30. The van der Waals surface area contributed by atoms with Crippen molar-refractivity contribution in [2.75, 3.05) is 26.3 Å². The zero-order valence-corrected chi connectivity index (χ0v) is 17.7. The summed E-state index contributed by atoms with van der Waals surface area (Å²) in [6, 6.07) is 18.6. The Balaban J connectivity index is 1.37.